The monoisotopic (exact) mass is 416 g/mol. The molecule has 6 heteroatoms. The van der Waals surface area contributed by atoms with Crippen LogP contribution in [0.15, 0.2) is 46.2 Å². The van der Waals surface area contributed by atoms with Crippen LogP contribution in [0.4, 0.5) is 0 Å². The highest BCUT2D eigenvalue weighted by Crippen LogP contribution is 2.44. The van der Waals surface area contributed by atoms with Crippen molar-refractivity contribution in [2.45, 2.75) is 62.2 Å². The van der Waals surface area contributed by atoms with E-state index in [9.17, 15) is 9.59 Å². The molecule has 0 unspecified atom stereocenters. The van der Waals surface area contributed by atoms with E-state index in [2.05, 4.69) is 13.8 Å². The van der Waals surface area contributed by atoms with Gasteiger partial charge in [0.15, 0.2) is 0 Å². The van der Waals surface area contributed by atoms with Crippen molar-refractivity contribution in [3.8, 4) is 0 Å². The maximum absolute atomic E-state index is 12.0. The first-order chi connectivity index (χ1) is 13.5. The Morgan fingerprint density at radius 1 is 0.750 bits per heavy atom. The number of primary amides is 2. The van der Waals surface area contributed by atoms with Gasteiger partial charge in [0.05, 0.1) is 11.1 Å². The second-order valence-electron chi connectivity index (χ2n) is 6.69. The molecule has 2 rings (SSSR count). The fourth-order valence-electron chi connectivity index (χ4n) is 2.97. The molecular weight excluding hydrogens is 388 g/mol. The predicted molar refractivity (Wildman–Crippen MR) is 119 cm³/mol. The quantitative estimate of drug-likeness (QED) is 0.482. The topological polar surface area (TPSA) is 86.2 Å². The van der Waals surface area contributed by atoms with Gasteiger partial charge in [0.2, 0.25) is 11.8 Å². The van der Waals surface area contributed by atoms with Gasteiger partial charge in [-0.15, -0.1) is 0 Å². The van der Waals surface area contributed by atoms with Crippen molar-refractivity contribution >= 4 is 33.4 Å². The summed E-state index contributed by atoms with van der Waals surface area (Å²) < 4.78 is 0. The van der Waals surface area contributed by atoms with Crippen LogP contribution < -0.4 is 11.5 Å². The van der Waals surface area contributed by atoms with E-state index in [4.69, 9.17) is 11.5 Å². The van der Waals surface area contributed by atoms with E-state index in [1.54, 1.807) is 12.1 Å². The van der Waals surface area contributed by atoms with Crippen molar-refractivity contribution < 1.29 is 9.59 Å². The molecule has 4 N–H and O–H groups in total. The summed E-state index contributed by atoms with van der Waals surface area (Å²) in [5, 5.41) is 0. The van der Waals surface area contributed by atoms with E-state index in [0.717, 1.165) is 59.4 Å². The Balaban J connectivity index is 2.40. The Morgan fingerprint density at radius 3 is 1.46 bits per heavy atom. The van der Waals surface area contributed by atoms with Gasteiger partial charge in [0.1, 0.15) is 0 Å². The van der Waals surface area contributed by atoms with Crippen molar-refractivity contribution in [3.63, 3.8) is 0 Å². The molecule has 0 aliphatic carbocycles. The van der Waals surface area contributed by atoms with Gasteiger partial charge in [-0.25, -0.2) is 0 Å². The fourth-order valence-corrected chi connectivity index (χ4v) is 5.88. The lowest BCUT2D eigenvalue weighted by atomic mass is 10.0. The van der Waals surface area contributed by atoms with Crippen molar-refractivity contribution in [2.24, 2.45) is 11.5 Å². The highest BCUT2D eigenvalue weighted by molar-refractivity contribution is 8.76. The minimum Gasteiger partial charge on any atom is -0.366 e. The number of amides is 2. The third-order valence-electron chi connectivity index (χ3n) is 4.53. The van der Waals surface area contributed by atoms with Crippen molar-refractivity contribution in [1.29, 1.82) is 0 Å². The van der Waals surface area contributed by atoms with E-state index >= 15 is 0 Å². The van der Waals surface area contributed by atoms with Gasteiger partial charge in [-0.3, -0.25) is 9.59 Å². The zero-order valence-electron chi connectivity index (χ0n) is 16.5. The molecule has 0 heterocycles. The fraction of sp³-hybridized carbons (Fsp3) is 0.364. The molecule has 0 aromatic heterocycles. The van der Waals surface area contributed by atoms with E-state index in [1.807, 2.05) is 24.3 Å². The number of aryl methyl sites for hydroxylation is 2. The van der Waals surface area contributed by atoms with E-state index in [0.29, 0.717) is 11.1 Å². The SMILES string of the molecule is CCCCc1cccc(C(N)=O)c1SSc1c(CCCC)cccc1C(N)=O. The summed E-state index contributed by atoms with van der Waals surface area (Å²) in [5.74, 6) is -0.869. The van der Waals surface area contributed by atoms with Crippen LogP contribution in [0, 0.1) is 0 Å². The molecule has 28 heavy (non-hydrogen) atoms. The second-order valence-corrected chi connectivity index (χ2v) is 8.84. The van der Waals surface area contributed by atoms with Crippen molar-refractivity contribution in [2.75, 3.05) is 0 Å². The van der Waals surface area contributed by atoms with Crippen LogP contribution in [0.3, 0.4) is 0 Å². The van der Waals surface area contributed by atoms with Crippen LogP contribution in [-0.4, -0.2) is 11.8 Å². The lowest BCUT2D eigenvalue weighted by Crippen LogP contribution is -2.14. The number of hydrogen-bond donors (Lipinski definition) is 2. The summed E-state index contributed by atoms with van der Waals surface area (Å²) >= 11 is 0. The van der Waals surface area contributed by atoms with Crippen molar-refractivity contribution in [3.05, 3.63) is 58.7 Å². The van der Waals surface area contributed by atoms with Gasteiger partial charge < -0.3 is 11.5 Å². The van der Waals surface area contributed by atoms with Gasteiger partial charge in [0, 0.05) is 9.79 Å². The van der Waals surface area contributed by atoms with Gasteiger partial charge in [-0.05, 0) is 48.9 Å². The van der Waals surface area contributed by atoms with Gasteiger partial charge in [0.25, 0.3) is 0 Å². The smallest absolute Gasteiger partial charge is 0.249 e. The summed E-state index contributed by atoms with van der Waals surface area (Å²) in [6, 6.07) is 11.4. The lowest BCUT2D eigenvalue weighted by Gasteiger charge is -2.15. The van der Waals surface area contributed by atoms with E-state index in [1.165, 1.54) is 21.6 Å². The lowest BCUT2D eigenvalue weighted by molar-refractivity contribution is 0.0989. The molecule has 2 aromatic rings. The zero-order valence-corrected chi connectivity index (χ0v) is 18.1. The molecule has 0 atom stereocenters. The minimum atomic E-state index is -0.434. The third-order valence-corrected chi connectivity index (χ3v) is 7.16. The first-order valence-corrected chi connectivity index (χ1v) is 11.8. The number of carbonyl (C=O) groups excluding carboxylic acids is 2. The Morgan fingerprint density at radius 2 is 1.14 bits per heavy atom. The average Bonchev–Trinajstić information content (AvgIpc) is 2.69. The summed E-state index contributed by atoms with van der Waals surface area (Å²) in [6.45, 7) is 4.28. The minimum absolute atomic E-state index is 0.434. The van der Waals surface area contributed by atoms with Crippen LogP contribution in [0.1, 0.15) is 71.4 Å². The molecule has 0 radical (unpaired) electrons. The molecule has 0 aliphatic rings. The Hall–Kier alpha value is -1.92. The molecule has 0 bridgehead atoms. The third kappa shape index (κ3) is 5.79. The maximum atomic E-state index is 12.0. The van der Waals surface area contributed by atoms with Gasteiger partial charge >= 0.3 is 0 Å². The normalized spacial score (nSPS) is 10.8. The number of carbonyl (C=O) groups is 2. The Bertz CT molecular complexity index is 768. The molecule has 0 spiro atoms. The average molecular weight is 417 g/mol. The highest BCUT2D eigenvalue weighted by atomic mass is 33.1. The standard InChI is InChI=1S/C22H28N2O2S2/c1-3-5-9-15-11-7-13-17(21(23)25)19(15)27-28-20-16(10-6-4-2)12-8-14-18(20)22(24)26/h7-8,11-14H,3-6,9-10H2,1-2H3,(H2,23,25)(H2,24,26). The second kappa shape index (κ2) is 11.2. The molecule has 2 amide bonds. The molecule has 0 fully saturated rings. The summed E-state index contributed by atoms with van der Waals surface area (Å²) in [4.78, 5) is 25.7. The summed E-state index contributed by atoms with van der Waals surface area (Å²) in [5.41, 5.74) is 14.5. The molecule has 150 valence electrons. The van der Waals surface area contributed by atoms with Crippen LogP contribution >= 0.6 is 21.6 Å². The number of benzene rings is 2. The van der Waals surface area contributed by atoms with E-state index in [-0.39, 0.29) is 0 Å². The van der Waals surface area contributed by atoms with Crippen LogP contribution in [0.25, 0.3) is 0 Å². The predicted octanol–water partition coefficient (Wildman–Crippen LogP) is 5.37. The van der Waals surface area contributed by atoms with Gasteiger partial charge in [-0.1, -0.05) is 72.5 Å². The summed E-state index contributed by atoms with van der Waals surface area (Å²) in [7, 11) is 2.99. The van der Waals surface area contributed by atoms with Crippen molar-refractivity contribution in [1.82, 2.24) is 0 Å². The highest BCUT2D eigenvalue weighted by Gasteiger charge is 2.18. The van der Waals surface area contributed by atoms with E-state index < -0.39 is 11.8 Å². The number of rotatable bonds is 11. The summed E-state index contributed by atoms with van der Waals surface area (Å²) in [6.07, 6.45) is 6.01. The number of nitrogens with two attached hydrogens (primary N) is 2. The maximum Gasteiger partial charge on any atom is 0.249 e. The Kier molecular flexibility index (Phi) is 8.93. The van der Waals surface area contributed by atoms with Crippen LogP contribution in [-0.2, 0) is 12.8 Å². The molecule has 0 saturated heterocycles. The molecule has 2 aromatic carbocycles. The molecular formula is C22H28N2O2S2. The molecule has 0 saturated carbocycles. The largest absolute Gasteiger partial charge is 0.366 e. The van der Waals surface area contributed by atoms with Gasteiger partial charge in [-0.2, -0.15) is 0 Å². The molecule has 4 nitrogen and oxygen atoms in total. The number of hydrogen-bond acceptors (Lipinski definition) is 4. The van der Waals surface area contributed by atoms with Crippen LogP contribution in [0.5, 0.6) is 0 Å². The molecule has 0 aliphatic heterocycles. The van der Waals surface area contributed by atoms with Crippen LogP contribution in [0.2, 0.25) is 0 Å². The zero-order chi connectivity index (χ0) is 20.5. The Labute approximate surface area is 175 Å². The first kappa shape index (κ1) is 22.4. The first-order valence-electron chi connectivity index (χ1n) is 9.67. The number of unbranched alkanes of at least 4 members (excludes halogenated alkanes) is 2.